The second kappa shape index (κ2) is 13.2. The number of nitrogens with one attached hydrogen (secondary N) is 1. The lowest BCUT2D eigenvalue weighted by Gasteiger charge is -2.51. The molecule has 2 saturated heterocycles. The lowest BCUT2D eigenvalue weighted by atomic mass is 9.49. The van der Waals surface area contributed by atoms with Crippen molar-refractivity contribution in [1.82, 2.24) is 5.01 Å². The molecule has 4 amide bonds. The summed E-state index contributed by atoms with van der Waals surface area (Å²) in [6.45, 7) is 1.93. The van der Waals surface area contributed by atoms with Crippen LogP contribution >= 0.6 is 31.9 Å². The lowest BCUT2D eigenvalue weighted by Crippen LogP contribution is -2.53. The summed E-state index contributed by atoms with van der Waals surface area (Å²) in [5.41, 5.74) is 4.93. The number of imide groups is 2. The van der Waals surface area contributed by atoms with Gasteiger partial charge < -0.3 is 9.84 Å². The van der Waals surface area contributed by atoms with Crippen LogP contribution in [0.1, 0.15) is 35.4 Å². The third-order valence-electron chi connectivity index (χ3n) is 11.4. The summed E-state index contributed by atoms with van der Waals surface area (Å²) >= 11 is 7.20. The number of hydrogen-bond donors (Lipinski definition) is 2. The Morgan fingerprint density at radius 1 is 0.907 bits per heavy atom. The summed E-state index contributed by atoms with van der Waals surface area (Å²) in [6, 6.07) is 23.3. The van der Waals surface area contributed by atoms with E-state index < -0.39 is 63.6 Å². The Morgan fingerprint density at radius 2 is 1.59 bits per heavy atom. The van der Waals surface area contributed by atoms with Crippen LogP contribution in [0.15, 0.2) is 106 Å². The predicted octanol–water partition coefficient (Wildman–Crippen LogP) is 7.33. The van der Waals surface area contributed by atoms with Crippen molar-refractivity contribution in [2.45, 2.75) is 31.1 Å². The third-order valence-corrected chi connectivity index (χ3v) is 13.6. The van der Waals surface area contributed by atoms with Crippen LogP contribution in [-0.2, 0) is 24.6 Å². The fourth-order valence-electron chi connectivity index (χ4n) is 9.05. The first-order valence-electron chi connectivity index (χ1n) is 17.2. The number of hydrogen-bond acceptors (Lipinski definition) is 9. The first-order chi connectivity index (χ1) is 25.9. The summed E-state index contributed by atoms with van der Waals surface area (Å²) in [5, 5.41) is 23.4. The number of benzene rings is 4. The van der Waals surface area contributed by atoms with E-state index in [0.29, 0.717) is 26.9 Å². The number of rotatable bonds is 7. The van der Waals surface area contributed by atoms with Crippen LogP contribution in [0, 0.1) is 40.7 Å². The van der Waals surface area contributed by atoms with E-state index in [1.54, 1.807) is 18.2 Å². The van der Waals surface area contributed by atoms with E-state index in [1.807, 2.05) is 55.5 Å². The number of phenols is 1. The molecule has 6 atom stereocenters. The third kappa shape index (κ3) is 5.13. The van der Waals surface area contributed by atoms with Gasteiger partial charge in [-0.2, -0.15) is 5.01 Å². The second-order valence-corrected chi connectivity index (χ2v) is 15.6. The van der Waals surface area contributed by atoms with Crippen LogP contribution in [0.4, 0.5) is 17.1 Å². The number of allylic oxidation sites excluding steroid dienone is 2. The molecule has 0 bridgehead atoms. The van der Waals surface area contributed by atoms with Gasteiger partial charge in [0, 0.05) is 22.5 Å². The highest BCUT2D eigenvalue weighted by molar-refractivity contribution is 9.13. The fraction of sp³-hybridized carbons (Fsp3) is 0.250. The van der Waals surface area contributed by atoms with Gasteiger partial charge in [0.25, 0.3) is 17.5 Å². The number of aryl methyl sites for hydroxylation is 1. The van der Waals surface area contributed by atoms with Crippen LogP contribution in [0.2, 0.25) is 0 Å². The van der Waals surface area contributed by atoms with E-state index in [-0.39, 0.29) is 40.2 Å². The summed E-state index contributed by atoms with van der Waals surface area (Å²) in [5.74, 6) is -6.12. The van der Waals surface area contributed by atoms with Gasteiger partial charge in [0.15, 0.2) is 11.5 Å². The number of carbonyl (C=O) groups excluding carboxylic acids is 4. The molecule has 2 N–H and O–H groups in total. The Bertz CT molecular complexity index is 2300. The van der Waals surface area contributed by atoms with Crippen LogP contribution in [0.25, 0.3) is 0 Å². The Morgan fingerprint density at radius 3 is 2.24 bits per heavy atom. The summed E-state index contributed by atoms with van der Waals surface area (Å²) < 4.78 is 6.30. The SMILES string of the molecule is COc1cc(C2C3=CCC4C(=O)N(c5ccc([N+](=O)[O-])cc5)C(=O)C4C3CC3C(=O)N(Nc4ccc(C)cc4)C(=O)C32c2ccccc2)c(Br)c(Br)c1O. The van der Waals surface area contributed by atoms with E-state index in [9.17, 15) is 29.6 Å². The monoisotopic (exact) mass is 854 g/mol. The van der Waals surface area contributed by atoms with Crippen LogP contribution < -0.4 is 15.1 Å². The van der Waals surface area contributed by atoms with Crippen LogP contribution in [0.3, 0.4) is 0 Å². The zero-order valence-corrected chi connectivity index (χ0v) is 32.0. The molecular weight excluding hydrogens is 824 g/mol. The van der Waals surface area contributed by atoms with E-state index in [1.165, 1.54) is 31.4 Å². The molecule has 54 heavy (non-hydrogen) atoms. The number of non-ortho nitro benzene ring substituents is 1. The summed E-state index contributed by atoms with van der Waals surface area (Å²) in [6.07, 6.45) is 2.18. The average molecular weight is 857 g/mol. The number of anilines is 2. The number of methoxy groups -OCH3 is 1. The molecule has 2 heterocycles. The number of nitro groups is 1. The molecule has 0 radical (unpaired) electrons. The highest BCUT2D eigenvalue weighted by Gasteiger charge is 2.70. The standard InChI is InChI=1S/C40H32Br2N4O8/c1-20-8-10-22(11-9-20)43-45-37(49)29-18-27-25(16-17-26-31(27)38(50)44(36(26)48)23-12-14-24(15-13-23)46(52)53)32(28-19-30(54-2)35(47)34(42)33(28)41)40(29,39(45)51)21-6-4-3-5-7-21/h3-16,19,26-27,29,31-32,43,47H,17-18H2,1-2H3. The predicted molar refractivity (Wildman–Crippen MR) is 204 cm³/mol. The van der Waals surface area contributed by atoms with Crippen molar-refractivity contribution in [3.05, 3.63) is 132 Å². The molecule has 3 fully saturated rings. The number of phenolic OH excluding ortho intramolecular Hbond substituents is 1. The Labute approximate surface area is 326 Å². The first-order valence-corrected chi connectivity index (χ1v) is 18.8. The normalized spacial score (nSPS) is 25.9. The smallest absolute Gasteiger partial charge is 0.269 e. The molecular formula is C40H32Br2N4O8. The van der Waals surface area contributed by atoms with Crippen molar-refractivity contribution in [2.75, 3.05) is 17.4 Å². The quantitative estimate of drug-likeness (QED) is 0.0840. The summed E-state index contributed by atoms with van der Waals surface area (Å²) in [4.78, 5) is 70.8. The van der Waals surface area contributed by atoms with Crippen LogP contribution in [-0.4, -0.2) is 45.8 Å². The molecule has 4 aromatic rings. The number of nitrogens with zero attached hydrogens (tertiary/aromatic N) is 3. The molecule has 274 valence electrons. The van der Waals surface area contributed by atoms with Crippen molar-refractivity contribution in [3.8, 4) is 11.5 Å². The van der Waals surface area contributed by atoms with Gasteiger partial charge in [-0.1, -0.05) is 59.7 Å². The van der Waals surface area contributed by atoms with Crippen molar-refractivity contribution in [1.29, 1.82) is 0 Å². The van der Waals surface area contributed by atoms with Gasteiger partial charge in [0.2, 0.25) is 11.8 Å². The molecule has 6 unspecified atom stereocenters. The number of halogens is 2. The maximum absolute atomic E-state index is 15.4. The molecule has 8 rings (SSSR count). The minimum atomic E-state index is -1.54. The first kappa shape index (κ1) is 35.7. The van der Waals surface area contributed by atoms with E-state index in [4.69, 9.17) is 4.74 Å². The molecule has 1 saturated carbocycles. The van der Waals surface area contributed by atoms with Gasteiger partial charge >= 0.3 is 0 Å². The maximum atomic E-state index is 15.4. The second-order valence-electron chi connectivity index (χ2n) is 14.0. The van der Waals surface area contributed by atoms with Gasteiger partial charge in [0.05, 0.1) is 51.0 Å². The minimum Gasteiger partial charge on any atom is -0.503 e. The highest BCUT2D eigenvalue weighted by Crippen LogP contribution is 2.65. The maximum Gasteiger partial charge on any atom is 0.269 e. The Hall–Kier alpha value is -5.34. The van der Waals surface area contributed by atoms with Crippen molar-refractivity contribution in [2.24, 2.45) is 23.7 Å². The molecule has 4 aromatic carbocycles. The lowest BCUT2D eigenvalue weighted by molar-refractivity contribution is -0.384. The van der Waals surface area contributed by atoms with E-state index in [0.717, 1.165) is 15.5 Å². The van der Waals surface area contributed by atoms with Gasteiger partial charge in [-0.25, -0.2) is 0 Å². The zero-order chi connectivity index (χ0) is 38.2. The molecule has 4 aliphatic rings. The largest absolute Gasteiger partial charge is 0.503 e. The van der Waals surface area contributed by atoms with Gasteiger partial charge in [0.1, 0.15) is 0 Å². The molecule has 0 aromatic heterocycles. The topological polar surface area (TPSA) is 159 Å². The molecule has 2 aliphatic heterocycles. The van der Waals surface area contributed by atoms with E-state index in [2.05, 4.69) is 37.3 Å². The number of aromatic hydroxyl groups is 1. The molecule has 2 aliphatic carbocycles. The van der Waals surface area contributed by atoms with Gasteiger partial charge in [-0.3, -0.25) is 39.6 Å². The number of nitro benzene ring substituents is 1. The number of amides is 4. The average Bonchev–Trinajstić information content (AvgIpc) is 3.56. The number of fused-ring (bicyclic) bond motifs is 4. The zero-order valence-electron chi connectivity index (χ0n) is 28.9. The van der Waals surface area contributed by atoms with Crippen molar-refractivity contribution >= 4 is 72.6 Å². The molecule has 14 heteroatoms. The Balaban J connectivity index is 1.34. The minimum absolute atomic E-state index is 0.0795. The molecule has 0 spiro atoms. The highest BCUT2D eigenvalue weighted by atomic mass is 79.9. The summed E-state index contributed by atoms with van der Waals surface area (Å²) in [7, 11) is 1.41. The number of hydrazine groups is 1. The van der Waals surface area contributed by atoms with E-state index >= 15 is 4.79 Å². The fourth-order valence-corrected chi connectivity index (χ4v) is 10.0. The molecule has 12 nitrogen and oxygen atoms in total. The van der Waals surface area contributed by atoms with Crippen LogP contribution in [0.5, 0.6) is 11.5 Å². The Kier molecular flexibility index (Phi) is 8.72. The van der Waals surface area contributed by atoms with Crippen molar-refractivity contribution in [3.63, 3.8) is 0 Å². The number of carbonyl (C=O) groups is 4. The van der Waals surface area contributed by atoms with Gasteiger partial charge in [-0.05, 0) is 99.0 Å². The number of ether oxygens (including phenoxy) is 1. The van der Waals surface area contributed by atoms with Gasteiger partial charge in [-0.15, -0.1) is 0 Å². The van der Waals surface area contributed by atoms with Crippen molar-refractivity contribution < 1.29 is 33.9 Å².